The van der Waals surface area contributed by atoms with E-state index in [2.05, 4.69) is 10.3 Å². The van der Waals surface area contributed by atoms with Crippen molar-refractivity contribution in [1.82, 2.24) is 14.6 Å². The van der Waals surface area contributed by atoms with Crippen molar-refractivity contribution >= 4 is 15.9 Å². The Morgan fingerprint density at radius 2 is 1.81 bits per heavy atom. The van der Waals surface area contributed by atoms with E-state index in [0.29, 0.717) is 30.5 Å². The van der Waals surface area contributed by atoms with Crippen molar-refractivity contribution < 1.29 is 17.9 Å². The van der Waals surface area contributed by atoms with Crippen molar-refractivity contribution in [3.05, 3.63) is 53.7 Å². The zero-order valence-electron chi connectivity index (χ0n) is 18.3. The molecule has 1 N–H and O–H groups in total. The Bertz CT molecular complexity index is 1070. The lowest BCUT2D eigenvalue weighted by Gasteiger charge is -2.27. The molecule has 7 nitrogen and oxygen atoms in total. The fourth-order valence-corrected chi connectivity index (χ4v) is 5.77. The summed E-state index contributed by atoms with van der Waals surface area (Å²) in [5.41, 5.74) is 1.40. The van der Waals surface area contributed by atoms with E-state index in [-0.39, 0.29) is 23.7 Å². The number of pyridine rings is 1. The van der Waals surface area contributed by atoms with Gasteiger partial charge in [-0.1, -0.05) is 23.8 Å². The molecule has 2 aromatic rings. The van der Waals surface area contributed by atoms with E-state index in [4.69, 9.17) is 4.74 Å². The SMILES string of the molecule is Cc1ccc(S(=O)(=O)N2C[C@@H]3C(C(=O)NC(C)(C)COc4ncccc4C)[C@@H]3C2)cc1. The predicted octanol–water partition coefficient (Wildman–Crippen LogP) is 2.54. The largest absolute Gasteiger partial charge is 0.475 e. The van der Waals surface area contributed by atoms with Gasteiger partial charge in [-0.25, -0.2) is 13.4 Å². The summed E-state index contributed by atoms with van der Waals surface area (Å²) >= 11 is 0. The summed E-state index contributed by atoms with van der Waals surface area (Å²) < 4.78 is 33.0. The number of fused-ring (bicyclic) bond motifs is 1. The van der Waals surface area contributed by atoms with Gasteiger partial charge in [0, 0.05) is 30.8 Å². The first-order valence-corrected chi connectivity index (χ1v) is 12.0. The first-order valence-electron chi connectivity index (χ1n) is 10.5. The number of ether oxygens (including phenoxy) is 1. The van der Waals surface area contributed by atoms with Gasteiger partial charge in [0.15, 0.2) is 0 Å². The molecule has 166 valence electrons. The summed E-state index contributed by atoms with van der Waals surface area (Å²) in [5.74, 6) is 0.545. The molecule has 1 aliphatic heterocycles. The van der Waals surface area contributed by atoms with E-state index in [0.717, 1.165) is 11.1 Å². The third-order valence-corrected chi connectivity index (χ3v) is 7.96. The second kappa shape index (κ2) is 7.91. The molecule has 1 aliphatic carbocycles. The summed E-state index contributed by atoms with van der Waals surface area (Å²) in [7, 11) is -3.51. The summed E-state index contributed by atoms with van der Waals surface area (Å²) in [4.78, 5) is 17.4. The monoisotopic (exact) mass is 443 g/mol. The highest BCUT2D eigenvalue weighted by atomic mass is 32.2. The second-order valence-corrected chi connectivity index (χ2v) is 11.2. The number of carbonyl (C=O) groups excluding carboxylic acids is 1. The molecule has 0 bridgehead atoms. The lowest BCUT2D eigenvalue weighted by molar-refractivity contribution is -0.125. The number of aromatic nitrogens is 1. The van der Waals surface area contributed by atoms with Crippen molar-refractivity contribution in [3.8, 4) is 5.88 Å². The Morgan fingerprint density at radius 3 is 2.42 bits per heavy atom. The molecule has 1 amide bonds. The third-order valence-electron chi connectivity index (χ3n) is 6.11. The molecule has 2 heterocycles. The first kappa shape index (κ1) is 21.8. The summed E-state index contributed by atoms with van der Waals surface area (Å²) in [6.07, 6.45) is 1.68. The Hall–Kier alpha value is -2.45. The second-order valence-electron chi connectivity index (χ2n) is 9.28. The summed E-state index contributed by atoms with van der Waals surface area (Å²) in [5, 5.41) is 3.07. The molecular weight excluding hydrogens is 414 g/mol. The van der Waals surface area contributed by atoms with Gasteiger partial charge in [-0.05, 0) is 57.7 Å². The number of rotatable bonds is 7. The average molecular weight is 444 g/mol. The van der Waals surface area contributed by atoms with Crippen molar-refractivity contribution in [2.24, 2.45) is 17.8 Å². The van der Waals surface area contributed by atoms with E-state index in [9.17, 15) is 13.2 Å². The lowest BCUT2D eigenvalue weighted by Crippen LogP contribution is -2.49. The van der Waals surface area contributed by atoms with Gasteiger partial charge in [-0.15, -0.1) is 0 Å². The molecule has 4 rings (SSSR count). The predicted molar refractivity (Wildman–Crippen MR) is 117 cm³/mol. The van der Waals surface area contributed by atoms with Crippen molar-refractivity contribution in [2.45, 2.75) is 38.1 Å². The van der Waals surface area contributed by atoms with Crippen LogP contribution in [-0.2, 0) is 14.8 Å². The molecule has 31 heavy (non-hydrogen) atoms. The maximum absolute atomic E-state index is 12.9. The number of nitrogens with zero attached hydrogens (tertiary/aromatic N) is 2. The number of benzene rings is 1. The molecule has 1 aromatic carbocycles. The Balaban J connectivity index is 1.31. The van der Waals surface area contributed by atoms with Gasteiger partial charge in [0.25, 0.3) is 0 Å². The van der Waals surface area contributed by atoms with Gasteiger partial charge >= 0.3 is 0 Å². The third kappa shape index (κ3) is 4.45. The van der Waals surface area contributed by atoms with Crippen LogP contribution in [-0.4, -0.2) is 48.8 Å². The maximum Gasteiger partial charge on any atom is 0.243 e. The number of amides is 1. The zero-order valence-corrected chi connectivity index (χ0v) is 19.1. The molecule has 2 aliphatic rings. The minimum atomic E-state index is -3.51. The standard InChI is InChI=1S/C23H29N3O4S/c1-15-7-9-17(10-8-15)31(28,29)26-12-18-19(13-26)20(18)21(27)25-23(3,4)14-30-22-16(2)6-5-11-24-22/h5-11,18-20H,12-14H2,1-4H3,(H,25,27)/t18-,19+,20?. The van der Waals surface area contributed by atoms with Crippen LogP contribution < -0.4 is 10.1 Å². The van der Waals surface area contributed by atoms with Gasteiger partial charge < -0.3 is 10.1 Å². The van der Waals surface area contributed by atoms with Gasteiger partial charge in [0.1, 0.15) is 6.61 Å². The van der Waals surface area contributed by atoms with Gasteiger partial charge in [0.2, 0.25) is 21.8 Å². The van der Waals surface area contributed by atoms with Gasteiger partial charge in [-0.2, -0.15) is 4.31 Å². The fourth-order valence-electron chi connectivity index (χ4n) is 4.26. The quantitative estimate of drug-likeness (QED) is 0.710. The fraction of sp³-hybridized carbons (Fsp3) is 0.478. The van der Waals surface area contributed by atoms with Crippen LogP contribution >= 0.6 is 0 Å². The number of hydrogen-bond donors (Lipinski definition) is 1. The number of hydrogen-bond acceptors (Lipinski definition) is 5. The molecule has 0 spiro atoms. The zero-order chi connectivity index (χ0) is 22.4. The van der Waals surface area contributed by atoms with Crippen LogP contribution in [0.1, 0.15) is 25.0 Å². The maximum atomic E-state index is 12.9. The van der Waals surface area contributed by atoms with Crippen LogP contribution in [0.5, 0.6) is 5.88 Å². The van der Waals surface area contributed by atoms with Crippen LogP contribution in [0.3, 0.4) is 0 Å². The van der Waals surface area contributed by atoms with Crippen molar-refractivity contribution in [1.29, 1.82) is 0 Å². The number of piperidine rings is 1. The molecule has 1 unspecified atom stereocenters. The normalized spacial score (nSPS) is 23.3. The molecule has 3 atom stereocenters. The molecule has 1 saturated carbocycles. The smallest absolute Gasteiger partial charge is 0.243 e. The highest BCUT2D eigenvalue weighted by Gasteiger charge is 2.61. The van der Waals surface area contributed by atoms with Crippen LogP contribution in [0, 0.1) is 31.6 Å². The molecule has 1 saturated heterocycles. The lowest BCUT2D eigenvalue weighted by atomic mass is 10.1. The van der Waals surface area contributed by atoms with E-state index >= 15 is 0 Å². The van der Waals surface area contributed by atoms with Crippen molar-refractivity contribution in [3.63, 3.8) is 0 Å². The van der Waals surface area contributed by atoms with Crippen LogP contribution in [0.4, 0.5) is 0 Å². The van der Waals surface area contributed by atoms with E-state index in [1.54, 1.807) is 30.5 Å². The molecule has 1 aromatic heterocycles. The van der Waals surface area contributed by atoms with Crippen LogP contribution in [0.25, 0.3) is 0 Å². The first-order chi connectivity index (χ1) is 14.6. The Morgan fingerprint density at radius 1 is 1.16 bits per heavy atom. The number of sulfonamides is 1. The highest BCUT2D eigenvalue weighted by Crippen LogP contribution is 2.53. The summed E-state index contributed by atoms with van der Waals surface area (Å²) in [6.45, 7) is 8.76. The topological polar surface area (TPSA) is 88.6 Å². The minimum Gasteiger partial charge on any atom is -0.475 e. The van der Waals surface area contributed by atoms with Crippen LogP contribution in [0.15, 0.2) is 47.5 Å². The molecular formula is C23H29N3O4S. The molecule has 8 heteroatoms. The Kier molecular flexibility index (Phi) is 5.55. The van der Waals surface area contributed by atoms with Gasteiger partial charge in [0.05, 0.1) is 10.4 Å². The van der Waals surface area contributed by atoms with E-state index in [1.165, 1.54) is 4.31 Å². The minimum absolute atomic E-state index is 0.0336. The number of nitrogens with one attached hydrogen (secondary N) is 1. The van der Waals surface area contributed by atoms with Crippen LogP contribution in [0.2, 0.25) is 0 Å². The Labute approximate surface area is 183 Å². The highest BCUT2D eigenvalue weighted by molar-refractivity contribution is 7.89. The summed E-state index contributed by atoms with van der Waals surface area (Å²) in [6, 6.07) is 10.7. The van der Waals surface area contributed by atoms with E-state index in [1.807, 2.05) is 39.8 Å². The molecule has 0 radical (unpaired) electrons. The number of carbonyl (C=O) groups is 1. The molecule has 2 fully saturated rings. The van der Waals surface area contributed by atoms with Crippen molar-refractivity contribution in [2.75, 3.05) is 19.7 Å². The average Bonchev–Trinajstić information content (AvgIpc) is 3.21. The van der Waals surface area contributed by atoms with E-state index < -0.39 is 15.6 Å². The van der Waals surface area contributed by atoms with Gasteiger partial charge in [-0.3, -0.25) is 4.79 Å². The number of aryl methyl sites for hydroxylation is 2.